The Bertz CT molecular complexity index is 904. The van der Waals surface area contributed by atoms with Crippen LogP contribution in [0.2, 0.25) is 23.7 Å². The zero-order valence-corrected chi connectivity index (χ0v) is 21.4. The van der Waals surface area contributed by atoms with Gasteiger partial charge in [-0.05, 0) is 34.7 Å². The predicted octanol–water partition coefficient (Wildman–Crippen LogP) is 6.38. The molecule has 2 aromatic carbocycles. The Kier molecular flexibility index (Phi) is 8.40. The van der Waals surface area contributed by atoms with E-state index < -0.39 is 19.9 Å². The van der Waals surface area contributed by atoms with Crippen LogP contribution in [0.5, 0.6) is 5.75 Å². The summed E-state index contributed by atoms with van der Waals surface area (Å²) in [5, 5.41) is 11.5. The Morgan fingerprint density at radius 2 is 1.62 bits per heavy atom. The topological polar surface area (TPSA) is 69.4 Å². The summed E-state index contributed by atoms with van der Waals surface area (Å²) in [6.45, 7) is 12.8. The van der Waals surface area contributed by atoms with Crippen molar-refractivity contribution in [1.82, 2.24) is 0 Å². The third-order valence-electron chi connectivity index (χ3n) is 7.37. The number of hydrogen-bond acceptors (Lipinski definition) is 4. The monoisotopic (exact) mass is 455 g/mol. The Morgan fingerprint density at radius 3 is 2.09 bits per heavy atom. The van der Waals surface area contributed by atoms with Crippen LogP contribution in [0.25, 0.3) is 0 Å². The van der Waals surface area contributed by atoms with E-state index in [1.54, 1.807) is 19.2 Å². The lowest BCUT2D eigenvalue weighted by Gasteiger charge is -2.44. The van der Waals surface area contributed by atoms with Crippen LogP contribution in [0.1, 0.15) is 44.7 Å². The Labute approximate surface area is 193 Å². The maximum Gasteiger partial charge on any atom is 0.211 e. The zero-order chi connectivity index (χ0) is 24.1. The second kappa shape index (κ2) is 10.4. The fourth-order valence-electron chi connectivity index (χ4n) is 4.16. The van der Waals surface area contributed by atoms with Crippen LogP contribution in [0.15, 0.2) is 54.6 Å². The Morgan fingerprint density at radius 1 is 1.06 bits per heavy atom. The molecule has 0 spiro atoms. The first kappa shape index (κ1) is 25.8. The van der Waals surface area contributed by atoms with E-state index >= 15 is 0 Å². The van der Waals surface area contributed by atoms with Gasteiger partial charge in [0.25, 0.3) is 0 Å². The molecule has 0 amide bonds. The predicted molar refractivity (Wildman–Crippen MR) is 133 cm³/mol. The van der Waals surface area contributed by atoms with E-state index in [0.717, 1.165) is 11.1 Å². The number of benzene rings is 2. The molecule has 0 unspecified atom stereocenters. The molecule has 0 fully saturated rings. The summed E-state index contributed by atoms with van der Waals surface area (Å²) in [7, 11) is -0.498. The van der Waals surface area contributed by atoms with Gasteiger partial charge < -0.3 is 4.74 Å². The van der Waals surface area contributed by atoms with E-state index in [2.05, 4.69) is 46.0 Å². The maximum absolute atomic E-state index is 14.0. The molecular formula is C26H37NO4Si. The molecule has 0 radical (unpaired) electrons. The number of nitro groups is 1. The molecule has 0 aromatic heterocycles. The van der Waals surface area contributed by atoms with Crippen molar-refractivity contribution in [1.29, 1.82) is 0 Å². The Balaban J connectivity index is 2.46. The largest absolute Gasteiger partial charge is 0.497 e. The van der Waals surface area contributed by atoms with E-state index in [-0.39, 0.29) is 27.8 Å². The minimum absolute atomic E-state index is 0.0144. The van der Waals surface area contributed by atoms with Gasteiger partial charge in [-0.15, -0.1) is 0 Å². The van der Waals surface area contributed by atoms with Crippen molar-refractivity contribution in [3.8, 4) is 5.75 Å². The minimum atomic E-state index is -2.08. The van der Waals surface area contributed by atoms with E-state index in [4.69, 9.17) is 4.74 Å². The number of ether oxygens (including phenoxy) is 1. The van der Waals surface area contributed by atoms with Gasteiger partial charge in [0, 0.05) is 16.4 Å². The molecule has 0 aliphatic carbocycles. The maximum atomic E-state index is 14.0. The number of hydrogen-bond donors (Lipinski definition) is 0. The standard InChI is InChI=1S/C26H37NO4Si/c1-19(23(18-27(29)30)21-13-15-22(31-5)16-14-21)25(28)24(32(6,7)26(2,3)4)17-20-11-9-8-10-12-20/h8-16,19,23-24H,17-18H2,1-7H3/t19-,23+,24+/m1/s1. The summed E-state index contributed by atoms with van der Waals surface area (Å²) in [6.07, 6.45) is 0.675. The summed E-state index contributed by atoms with van der Waals surface area (Å²) in [4.78, 5) is 25.3. The van der Waals surface area contributed by atoms with Crippen molar-refractivity contribution in [3.63, 3.8) is 0 Å². The molecule has 0 saturated carbocycles. The summed E-state index contributed by atoms with van der Waals surface area (Å²) >= 11 is 0. The number of nitrogens with zero attached hydrogens (tertiary/aromatic N) is 1. The van der Waals surface area contributed by atoms with Crippen LogP contribution in [-0.2, 0) is 11.2 Å². The highest BCUT2D eigenvalue weighted by Crippen LogP contribution is 2.47. The van der Waals surface area contributed by atoms with E-state index in [1.807, 2.05) is 37.3 Å². The van der Waals surface area contributed by atoms with Crippen molar-refractivity contribution in [2.24, 2.45) is 5.92 Å². The van der Waals surface area contributed by atoms with Gasteiger partial charge in [0.1, 0.15) is 11.5 Å². The van der Waals surface area contributed by atoms with Crippen LogP contribution in [0.3, 0.4) is 0 Å². The molecule has 174 valence electrons. The molecule has 3 atom stereocenters. The molecule has 0 bridgehead atoms. The van der Waals surface area contributed by atoms with Crippen molar-refractivity contribution in [2.45, 2.75) is 63.7 Å². The van der Waals surface area contributed by atoms with Crippen LogP contribution in [-0.4, -0.2) is 32.4 Å². The van der Waals surface area contributed by atoms with Gasteiger partial charge in [0.2, 0.25) is 6.54 Å². The third-order valence-corrected chi connectivity index (χ3v) is 13.5. The van der Waals surface area contributed by atoms with Crippen molar-refractivity contribution in [2.75, 3.05) is 13.7 Å². The average molecular weight is 456 g/mol. The summed E-state index contributed by atoms with van der Waals surface area (Å²) in [5.74, 6) is -0.109. The van der Waals surface area contributed by atoms with Gasteiger partial charge in [0.05, 0.1) is 21.1 Å². The molecule has 5 nitrogen and oxygen atoms in total. The van der Waals surface area contributed by atoms with Crippen molar-refractivity contribution < 1.29 is 14.5 Å². The van der Waals surface area contributed by atoms with Crippen molar-refractivity contribution in [3.05, 3.63) is 75.8 Å². The quantitative estimate of drug-likeness (QED) is 0.237. The van der Waals surface area contributed by atoms with Crippen LogP contribution >= 0.6 is 0 Å². The molecular weight excluding hydrogens is 418 g/mol. The van der Waals surface area contributed by atoms with Crippen molar-refractivity contribution >= 4 is 13.9 Å². The van der Waals surface area contributed by atoms with Crippen LogP contribution < -0.4 is 4.74 Å². The number of methoxy groups -OCH3 is 1. The lowest BCUT2D eigenvalue weighted by Crippen LogP contribution is -2.48. The average Bonchev–Trinajstić information content (AvgIpc) is 2.74. The first-order valence-corrected chi connectivity index (χ1v) is 14.3. The van der Waals surface area contributed by atoms with E-state index in [0.29, 0.717) is 12.2 Å². The molecule has 2 aromatic rings. The molecule has 0 N–H and O–H groups in total. The highest BCUT2D eigenvalue weighted by molar-refractivity contribution is 6.84. The third kappa shape index (κ3) is 6.06. The molecule has 0 aliphatic rings. The lowest BCUT2D eigenvalue weighted by atomic mass is 9.82. The highest BCUT2D eigenvalue weighted by Gasteiger charge is 2.47. The van der Waals surface area contributed by atoms with Crippen LogP contribution in [0, 0.1) is 16.0 Å². The zero-order valence-electron chi connectivity index (χ0n) is 20.4. The normalized spacial score (nSPS) is 15.0. The highest BCUT2D eigenvalue weighted by atomic mass is 28.3. The SMILES string of the molecule is COc1ccc([C@@H](C[N+](=O)[O-])[C@@H](C)C(=O)[C@H](Cc2ccccc2)[Si](C)(C)C(C)(C)C)cc1. The molecule has 6 heteroatoms. The van der Waals surface area contributed by atoms with Gasteiger partial charge >= 0.3 is 0 Å². The summed E-state index contributed by atoms with van der Waals surface area (Å²) in [6, 6.07) is 17.4. The number of ketones is 1. The van der Waals surface area contributed by atoms with Gasteiger partial charge in [0.15, 0.2) is 0 Å². The molecule has 32 heavy (non-hydrogen) atoms. The second-order valence-electron chi connectivity index (χ2n) is 10.3. The molecule has 2 rings (SSSR count). The molecule has 0 aliphatic heterocycles. The number of carbonyl (C=O) groups excluding carboxylic acids is 1. The first-order chi connectivity index (χ1) is 14.9. The minimum Gasteiger partial charge on any atom is -0.497 e. The van der Waals surface area contributed by atoms with Gasteiger partial charge in [-0.1, -0.05) is 83.3 Å². The Hall–Kier alpha value is -2.47. The van der Waals surface area contributed by atoms with Gasteiger partial charge in [-0.25, -0.2) is 0 Å². The number of carbonyl (C=O) groups is 1. The van der Waals surface area contributed by atoms with E-state index in [1.165, 1.54) is 0 Å². The smallest absolute Gasteiger partial charge is 0.211 e. The van der Waals surface area contributed by atoms with Gasteiger partial charge in [-0.2, -0.15) is 0 Å². The van der Waals surface area contributed by atoms with Crippen LogP contribution in [0.4, 0.5) is 0 Å². The second-order valence-corrected chi connectivity index (χ2v) is 15.9. The lowest BCUT2D eigenvalue weighted by molar-refractivity contribution is -0.484. The number of Topliss-reactive ketones (excluding diaryl/α,β-unsaturated/α-hetero) is 1. The van der Waals surface area contributed by atoms with Gasteiger partial charge in [-0.3, -0.25) is 14.9 Å². The number of rotatable bonds is 10. The first-order valence-electron chi connectivity index (χ1n) is 11.2. The fourth-order valence-corrected chi connectivity index (χ4v) is 6.93. The molecule has 0 heterocycles. The fraction of sp³-hybridized carbons (Fsp3) is 0.500. The molecule has 0 saturated heterocycles. The summed E-state index contributed by atoms with van der Waals surface area (Å²) in [5.41, 5.74) is 1.81. The van der Waals surface area contributed by atoms with E-state index in [9.17, 15) is 14.9 Å². The summed E-state index contributed by atoms with van der Waals surface area (Å²) < 4.78 is 5.23.